The van der Waals surface area contributed by atoms with Gasteiger partial charge in [0, 0.05) is 5.41 Å². The number of alkyl halides is 1. The lowest BCUT2D eigenvalue weighted by molar-refractivity contribution is -0.0999. The first-order chi connectivity index (χ1) is 5.75. The Morgan fingerprint density at radius 1 is 0.571 bits per heavy atom. The molecule has 0 aromatic rings. The van der Waals surface area contributed by atoms with E-state index in [4.69, 9.17) is 0 Å². The van der Waals surface area contributed by atoms with Gasteiger partial charge in [0.25, 0.3) is 0 Å². The second-order valence-electron chi connectivity index (χ2n) is 6.97. The standard InChI is InChI=1S/C13H27F/c1-10(2,3)11(4,5)12(6,7)13(8,9)14/h1-9H3. The Labute approximate surface area is 89.3 Å². The van der Waals surface area contributed by atoms with Crippen LogP contribution in [0, 0.1) is 16.2 Å². The minimum absolute atomic E-state index is 0.0573. The molecule has 0 radical (unpaired) electrons. The van der Waals surface area contributed by atoms with E-state index in [9.17, 15) is 4.39 Å². The van der Waals surface area contributed by atoms with Crippen molar-refractivity contribution in [2.24, 2.45) is 16.2 Å². The van der Waals surface area contributed by atoms with Gasteiger partial charge in [-0.25, -0.2) is 4.39 Å². The normalized spacial score (nSPS) is 15.9. The van der Waals surface area contributed by atoms with Gasteiger partial charge in [-0.05, 0) is 24.7 Å². The van der Waals surface area contributed by atoms with Gasteiger partial charge in [-0.1, -0.05) is 48.5 Å². The third-order valence-corrected chi connectivity index (χ3v) is 4.92. The summed E-state index contributed by atoms with van der Waals surface area (Å²) >= 11 is 0. The van der Waals surface area contributed by atoms with Crippen molar-refractivity contribution in [3.63, 3.8) is 0 Å². The molecule has 0 aliphatic carbocycles. The fourth-order valence-corrected chi connectivity index (χ4v) is 1.68. The molecular weight excluding hydrogens is 175 g/mol. The Morgan fingerprint density at radius 2 is 0.857 bits per heavy atom. The molecule has 0 aliphatic heterocycles. The third kappa shape index (κ3) is 1.97. The van der Waals surface area contributed by atoms with Gasteiger partial charge in [0.05, 0.1) is 0 Å². The molecule has 0 heterocycles. The van der Waals surface area contributed by atoms with E-state index in [1.165, 1.54) is 0 Å². The van der Waals surface area contributed by atoms with Crippen LogP contribution in [0.4, 0.5) is 4.39 Å². The lowest BCUT2D eigenvalue weighted by atomic mass is 9.51. The molecule has 0 nitrogen and oxygen atoms in total. The van der Waals surface area contributed by atoms with Crippen LogP contribution in [0.25, 0.3) is 0 Å². The number of rotatable bonds is 2. The Balaban J connectivity index is 5.30. The van der Waals surface area contributed by atoms with E-state index in [0.717, 1.165) is 0 Å². The number of hydrogen-bond acceptors (Lipinski definition) is 0. The van der Waals surface area contributed by atoms with Crippen LogP contribution in [0.2, 0.25) is 0 Å². The van der Waals surface area contributed by atoms with Crippen molar-refractivity contribution in [1.82, 2.24) is 0 Å². The fourth-order valence-electron chi connectivity index (χ4n) is 1.68. The fraction of sp³-hybridized carbons (Fsp3) is 1.00. The molecule has 0 rings (SSSR count). The van der Waals surface area contributed by atoms with Gasteiger partial charge in [-0.3, -0.25) is 0 Å². The van der Waals surface area contributed by atoms with Crippen LogP contribution in [0.15, 0.2) is 0 Å². The second-order valence-corrected chi connectivity index (χ2v) is 6.97. The highest BCUT2D eigenvalue weighted by atomic mass is 19.1. The molecule has 0 aromatic carbocycles. The Morgan fingerprint density at radius 3 is 0.929 bits per heavy atom. The van der Waals surface area contributed by atoms with Gasteiger partial charge in [0.15, 0.2) is 0 Å². The van der Waals surface area contributed by atoms with Crippen molar-refractivity contribution >= 4 is 0 Å². The number of hydrogen-bond donors (Lipinski definition) is 0. The zero-order valence-electron chi connectivity index (χ0n) is 11.4. The smallest absolute Gasteiger partial charge is 0.111 e. The van der Waals surface area contributed by atoms with Gasteiger partial charge < -0.3 is 0 Å². The van der Waals surface area contributed by atoms with Crippen LogP contribution < -0.4 is 0 Å². The molecule has 0 unspecified atom stereocenters. The molecule has 14 heavy (non-hydrogen) atoms. The summed E-state index contributed by atoms with van der Waals surface area (Å²) in [5, 5.41) is 0. The molecule has 1 heteroatoms. The Hall–Kier alpha value is -0.0700. The van der Waals surface area contributed by atoms with Gasteiger partial charge in [-0.2, -0.15) is 0 Å². The maximum atomic E-state index is 14.2. The van der Waals surface area contributed by atoms with Crippen LogP contribution in [0.5, 0.6) is 0 Å². The molecule has 0 atom stereocenters. The van der Waals surface area contributed by atoms with Gasteiger partial charge >= 0.3 is 0 Å². The summed E-state index contributed by atoms with van der Waals surface area (Å²) in [6.07, 6.45) is 0. The Bertz CT molecular complexity index is 174. The summed E-state index contributed by atoms with van der Waals surface area (Å²) in [4.78, 5) is 0. The molecule has 0 saturated heterocycles. The molecule has 0 bridgehead atoms. The molecule has 0 aliphatic rings. The number of halogens is 1. The van der Waals surface area contributed by atoms with E-state index in [1.54, 1.807) is 13.8 Å². The van der Waals surface area contributed by atoms with Crippen molar-refractivity contribution in [1.29, 1.82) is 0 Å². The van der Waals surface area contributed by atoms with E-state index in [2.05, 4.69) is 34.6 Å². The van der Waals surface area contributed by atoms with Gasteiger partial charge in [0.1, 0.15) is 5.67 Å². The molecule has 0 fully saturated rings. The molecule has 0 N–H and O–H groups in total. The van der Waals surface area contributed by atoms with Crippen LogP contribution in [-0.4, -0.2) is 5.67 Å². The quantitative estimate of drug-likeness (QED) is 0.601. The summed E-state index contributed by atoms with van der Waals surface area (Å²) in [6, 6.07) is 0. The van der Waals surface area contributed by atoms with Crippen molar-refractivity contribution < 1.29 is 4.39 Å². The first-order valence-electron chi connectivity index (χ1n) is 5.44. The van der Waals surface area contributed by atoms with Crippen LogP contribution in [-0.2, 0) is 0 Å². The van der Waals surface area contributed by atoms with E-state index in [0.29, 0.717) is 0 Å². The lowest BCUT2D eigenvalue weighted by Crippen LogP contribution is -2.52. The van der Waals surface area contributed by atoms with Crippen LogP contribution in [0.3, 0.4) is 0 Å². The van der Waals surface area contributed by atoms with E-state index >= 15 is 0 Å². The molecule has 86 valence electrons. The van der Waals surface area contributed by atoms with E-state index in [-0.39, 0.29) is 16.2 Å². The zero-order valence-corrected chi connectivity index (χ0v) is 11.4. The maximum absolute atomic E-state index is 14.2. The highest BCUT2D eigenvalue weighted by molar-refractivity contribution is 5.01. The van der Waals surface area contributed by atoms with Crippen molar-refractivity contribution in [3.05, 3.63) is 0 Å². The first kappa shape index (κ1) is 13.9. The summed E-state index contributed by atoms with van der Waals surface area (Å²) in [7, 11) is 0. The van der Waals surface area contributed by atoms with Crippen molar-refractivity contribution in [2.45, 2.75) is 68.0 Å². The van der Waals surface area contributed by atoms with Crippen LogP contribution >= 0.6 is 0 Å². The monoisotopic (exact) mass is 202 g/mol. The predicted molar refractivity (Wildman–Crippen MR) is 62.2 cm³/mol. The summed E-state index contributed by atoms with van der Waals surface area (Å²) < 4.78 is 14.2. The topological polar surface area (TPSA) is 0 Å². The lowest BCUT2D eigenvalue weighted by Gasteiger charge is -2.54. The summed E-state index contributed by atoms with van der Waals surface area (Å²) in [6.45, 7) is 18.3. The van der Waals surface area contributed by atoms with Gasteiger partial charge in [0.2, 0.25) is 0 Å². The molecule has 0 amide bonds. The maximum Gasteiger partial charge on any atom is 0.111 e. The minimum atomic E-state index is -1.16. The van der Waals surface area contributed by atoms with Gasteiger partial charge in [-0.15, -0.1) is 0 Å². The SMILES string of the molecule is CC(C)(C)C(C)(C)C(C)(C)C(C)(C)F. The van der Waals surface area contributed by atoms with Crippen molar-refractivity contribution in [2.75, 3.05) is 0 Å². The second kappa shape index (κ2) is 3.21. The average molecular weight is 202 g/mol. The molecular formula is C13H27F. The Kier molecular flexibility index (Phi) is 3.20. The highest BCUT2D eigenvalue weighted by Crippen LogP contribution is 2.56. The van der Waals surface area contributed by atoms with E-state index in [1.807, 2.05) is 13.8 Å². The third-order valence-electron chi connectivity index (χ3n) is 4.92. The largest absolute Gasteiger partial charge is 0.244 e. The first-order valence-corrected chi connectivity index (χ1v) is 5.44. The summed E-state index contributed by atoms with van der Waals surface area (Å²) in [5.74, 6) is 0. The molecule has 0 spiro atoms. The summed E-state index contributed by atoms with van der Waals surface area (Å²) in [5.41, 5.74) is -1.47. The van der Waals surface area contributed by atoms with E-state index < -0.39 is 5.67 Å². The van der Waals surface area contributed by atoms with Crippen LogP contribution in [0.1, 0.15) is 62.3 Å². The molecule has 0 aromatic heterocycles. The molecule has 0 saturated carbocycles. The highest BCUT2D eigenvalue weighted by Gasteiger charge is 2.53. The average Bonchev–Trinajstić information content (AvgIpc) is 1.81. The zero-order chi connectivity index (χ0) is 12.0. The van der Waals surface area contributed by atoms with Crippen molar-refractivity contribution in [3.8, 4) is 0 Å². The minimum Gasteiger partial charge on any atom is -0.244 e. The predicted octanol–water partition coefficient (Wildman–Crippen LogP) is 4.83.